The van der Waals surface area contributed by atoms with E-state index in [4.69, 9.17) is 4.74 Å². The van der Waals surface area contributed by atoms with Crippen LogP contribution in [0.2, 0.25) is 0 Å². The van der Waals surface area contributed by atoms with Crippen LogP contribution in [0.15, 0.2) is 18.2 Å². The van der Waals surface area contributed by atoms with Crippen molar-refractivity contribution >= 4 is 0 Å². The number of ether oxygens (including phenoxy) is 2. The van der Waals surface area contributed by atoms with E-state index < -0.39 is 17.9 Å². The second kappa shape index (κ2) is 7.80. The van der Waals surface area contributed by atoms with Gasteiger partial charge in [-0.1, -0.05) is 12.1 Å². The van der Waals surface area contributed by atoms with Gasteiger partial charge in [-0.15, -0.1) is 13.2 Å². The van der Waals surface area contributed by atoms with Gasteiger partial charge in [-0.05, 0) is 24.8 Å². The summed E-state index contributed by atoms with van der Waals surface area (Å²) in [6.45, 7) is 4.47. The van der Waals surface area contributed by atoms with Gasteiger partial charge in [-0.2, -0.15) is 0 Å². The van der Waals surface area contributed by atoms with Gasteiger partial charge in [0.25, 0.3) is 0 Å². The van der Waals surface area contributed by atoms with E-state index >= 15 is 0 Å². The Hall–Kier alpha value is -1.51. The molecule has 0 bridgehead atoms. The highest BCUT2D eigenvalue weighted by molar-refractivity contribution is 5.47. The van der Waals surface area contributed by atoms with E-state index in [0.29, 0.717) is 18.8 Å². The predicted octanol–water partition coefficient (Wildman–Crippen LogP) is 2.66. The first-order valence-electron chi connectivity index (χ1n) is 8.56. The van der Waals surface area contributed by atoms with Gasteiger partial charge >= 0.3 is 6.36 Å². The Balaban J connectivity index is 1.93. The van der Waals surface area contributed by atoms with Crippen LogP contribution in [-0.4, -0.2) is 55.8 Å². The van der Waals surface area contributed by atoms with Crippen molar-refractivity contribution < 1.29 is 27.8 Å². The minimum absolute atomic E-state index is 0.150. The third-order valence-corrected chi connectivity index (χ3v) is 4.83. The molecule has 0 amide bonds. The fraction of sp³-hybridized carbons (Fsp3) is 0.647. The lowest BCUT2D eigenvalue weighted by molar-refractivity contribution is -0.275. The maximum atomic E-state index is 12.6. The number of phenolic OH excluding ortho intramolecular Hbond substituents is 1. The number of piperazine rings is 1. The minimum atomic E-state index is -4.83. The summed E-state index contributed by atoms with van der Waals surface area (Å²) in [6.07, 6.45) is -3.20. The lowest BCUT2D eigenvalue weighted by Crippen LogP contribution is -2.47. The quantitative estimate of drug-likeness (QED) is 0.865. The van der Waals surface area contributed by atoms with Crippen LogP contribution in [0.3, 0.4) is 0 Å². The van der Waals surface area contributed by atoms with Crippen LogP contribution in [0, 0.1) is 5.92 Å². The minimum Gasteiger partial charge on any atom is -0.504 e. The molecule has 2 aliphatic heterocycles. The summed E-state index contributed by atoms with van der Waals surface area (Å²) in [4.78, 5) is 2.24. The Morgan fingerprint density at radius 2 is 1.88 bits per heavy atom. The van der Waals surface area contributed by atoms with Crippen molar-refractivity contribution in [1.82, 2.24) is 10.2 Å². The summed E-state index contributed by atoms with van der Waals surface area (Å²) >= 11 is 0. The van der Waals surface area contributed by atoms with E-state index in [1.54, 1.807) is 6.07 Å². The smallest absolute Gasteiger partial charge is 0.504 e. The maximum absolute atomic E-state index is 12.6. The Kier molecular flexibility index (Phi) is 5.71. The monoisotopic (exact) mass is 360 g/mol. The molecule has 0 saturated carbocycles. The highest BCUT2D eigenvalue weighted by atomic mass is 19.4. The summed E-state index contributed by atoms with van der Waals surface area (Å²) in [6, 6.07) is 4.19. The van der Waals surface area contributed by atoms with Gasteiger partial charge in [0, 0.05) is 51.0 Å². The van der Waals surface area contributed by atoms with Crippen molar-refractivity contribution in [2.45, 2.75) is 25.2 Å². The van der Waals surface area contributed by atoms with Crippen LogP contribution in [0.25, 0.3) is 0 Å². The molecular formula is C17H23F3N2O3. The molecule has 8 heteroatoms. The van der Waals surface area contributed by atoms with Crippen molar-refractivity contribution in [2.75, 3.05) is 39.4 Å². The molecular weight excluding hydrogens is 337 g/mol. The number of hydrogen-bond donors (Lipinski definition) is 2. The lowest BCUT2D eigenvalue weighted by atomic mass is 9.85. The number of rotatable bonds is 4. The van der Waals surface area contributed by atoms with Crippen molar-refractivity contribution in [1.29, 1.82) is 0 Å². The molecule has 2 saturated heterocycles. The lowest BCUT2D eigenvalue weighted by Gasteiger charge is -2.41. The van der Waals surface area contributed by atoms with Gasteiger partial charge in [-0.3, -0.25) is 4.90 Å². The van der Waals surface area contributed by atoms with Crippen LogP contribution < -0.4 is 10.1 Å². The number of para-hydroxylation sites is 1. The number of nitrogens with zero attached hydrogens (tertiary/aromatic N) is 1. The molecule has 2 aliphatic rings. The van der Waals surface area contributed by atoms with Gasteiger partial charge in [0.15, 0.2) is 11.5 Å². The van der Waals surface area contributed by atoms with Crippen LogP contribution >= 0.6 is 0 Å². The zero-order valence-corrected chi connectivity index (χ0v) is 13.9. The largest absolute Gasteiger partial charge is 0.573 e. The molecule has 0 aromatic heterocycles. The first kappa shape index (κ1) is 18.3. The van der Waals surface area contributed by atoms with Gasteiger partial charge in [0.1, 0.15) is 0 Å². The predicted molar refractivity (Wildman–Crippen MR) is 85.5 cm³/mol. The summed E-state index contributed by atoms with van der Waals surface area (Å²) in [7, 11) is 0. The molecule has 0 unspecified atom stereocenters. The molecule has 25 heavy (non-hydrogen) atoms. The van der Waals surface area contributed by atoms with Gasteiger partial charge in [0.2, 0.25) is 0 Å². The number of halogens is 3. The summed E-state index contributed by atoms with van der Waals surface area (Å²) in [5.41, 5.74) is 0.496. The Bertz CT molecular complexity index is 553. The van der Waals surface area contributed by atoms with Gasteiger partial charge in [0.05, 0.1) is 0 Å². The van der Waals surface area contributed by atoms with E-state index in [-0.39, 0.29) is 12.0 Å². The Morgan fingerprint density at radius 1 is 1.20 bits per heavy atom. The van der Waals surface area contributed by atoms with E-state index in [1.165, 1.54) is 6.07 Å². The summed E-state index contributed by atoms with van der Waals surface area (Å²) in [5.74, 6) is -0.745. The molecule has 1 aromatic carbocycles. The SMILES string of the molecule is Oc1c(OC(F)(F)F)cccc1[C@H](C1CCOCC1)N1CCNCC1. The number of phenols is 1. The second-order valence-electron chi connectivity index (χ2n) is 6.42. The molecule has 0 radical (unpaired) electrons. The molecule has 0 aliphatic carbocycles. The molecule has 2 N–H and O–H groups in total. The van der Waals surface area contributed by atoms with Gasteiger partial charge < -0.3 is 19.9 Å². The molecule has 3 rings (SSSR count). The highest BCUT2D eigenvalue weighted by Crippen LogP contribution is 2.43. The molecule has 2 fully saturated rings. The molecule has 140 valence electrons. The topological polar surface area (TPSA) is 54.0 Å². The normalized spacial score (nSPS) is 21.9. The third-order valence-electron chi connectivity index (χ3n) is 4.83. The van der Waals surface area contributed by atoms with Crippen LogP contribution in [-0.2, 0) is 4.74 Å². The number of alkyl halides is 3. The standard InChI is InChI=1S/C17H23F3N2O3/c18-17(19,20)25-14-3-1-2-13(16(14)23)15(12-4-10-24-11-5-12)22-8-6-21-7-9-22/h1-3,12,15,21,23H,4-11H2/t15-/m0/s1. The zero-order chi connectivity index (χ0) is 17.9. The summed E-state index contributed by atoms with van der Waals surface area (Å²) in [5, 5.41) is 13.8. The van der Waals surface area contributed by atoms with E-state index in [0.717, 1.165) is 45.1 Å². The van der Waals surface area contributed by atoms with E-state index in [1.807, 2.05) is 0 Å². The highest BCUT2D eigenvalue weighted by Gasteiger charge is 2.36. The second-order valence-corrected chi connectivity index (χ2v) is 6.42. The van der Waals surface area contributed by atoms with Crippen molar-refractivity contribution in [3.63, 3.8) is 0 Å². The van der Waals surface area contributed by atoms with Crippen LogP contribution in [0.1, 0.15) is 24.4 Å². The molecule has 0 spiro atoms. The third kappa shape index (κ3) is 4.56. The van der Waals surface area contributed by atoms with Crippen molar-refractivity contribution in [3.8, 4) is 11.5 Å². The molecule has 2 heterocycles. The fourth-order valence-electron chi connectivity index (χ4n) is 3.73. The number of aromatic hydroxyl groups is 1. The molecule has 1 aromatic rings. The Labute approximate surface area is 144 Å². The number of hydrogen-bond acceptors (Lipinski definition) is 5. The first-order valence-corrected chi connectivity index (χ1v) is 8.56. The average Bonchev–Trinajstić information content (AvgIpc) is 2.59. The first-order chi connectivity index (χ1) is 12.0. The van der Waals surface area contributed by atoms with Gasteiger partial charge in [-0.25, -0.2) is 0 Å². The molecule has 1 atom stereocenters. The zero-order valence-electron chi connectivity index (χ0n) is 13.9. The Morgan fingerprint density at radius 3 is 2.52 bits per heavy atom. The van der Waals surface area contributed by atoms with Crippen molar-refractivity contribution in [2.24, 2.45) is 5.92 Å². The van der Waals surface area contributed by atoms with Crippen molar-refractivity contribution in [3.05, 3.63) is 23.8 Å². The van der Waals surface area contributed by atoms with Crippen LogP contribution in [0.5, 0.6) is 11.5 Å². The summed E-state index contributed by atoms with van der Waals surface area (Å²) < 4.78 is 47.2. The maximum Gasteiger partial charge on any atom is 0.573 e. The van der Waals surface area contributed by atoms with Crippen LogP contribution in [0.4, 0.5) is 13.2 Å². The molecule has 5 nitrogen and oxygen atoms in total. The van der Waals surface area contributed by atoms with E-state index in [2.05, 4.69) is 15.0 Å². The number of benzene rings is 1. The average molecular weight is 360 g/mol. The fourth-order valence-corrected chi connectivity index (χ4v) is 3.73. The van der Waals surface area contributed by atoms with E-state index in [9.17, 15) is 18.3 Å². The number of nitrogens with one attached hydrogen (secondary N) is 1.